The van der Waals surface area contributed by atoms with E-state index < -0.39 is 10.0 Å². The van der Waals surface area contributed by atoms with Crippen LogP contribution < -0.4 is 10.5 Å². The van der Waals surface area contributed by atoms with Crippen molar-refractivity contribution in [1.29, 1.82) is 0 Å². The second kappa shape index (κ2) is 5.03. The van der Waals surface area contributed by atoms with E-state index in [2.05, 4.69) is 23.6 Å². The first-order valence-corrected chi connectivity index (χ1v) is 8.76. The number of nitrogens with one attached hydrogen (secondary N) is 2. The van der Waals surface area contributed by atoms with Gasteiger partial charge in [-0.1, -0.05) is 13.8 Å². The van der Waals surface area contributed by atoms with Crippen molar-refractivity contribution in [2.24, 2.45) is 11.8 Å². The van der Waals surface area contributed by atoms with Crippen molar-refractivity contribution in [2.75, 3.05) is 5.73 Å². The zero-order valence-electron chi connectivity index (χ0n) is 12.3. The van der Waals surface area contributed by atoms with Crippen LogP contribution in [0.15, 0.2) is 29.3 Å². The number of rotatable bonds is 3. The Bertz CT molecular complexity index is 766. The van der Waals surface area contributed by atoms with Crippen molar-refractivity contribution >= 4 is 26.6 Å². The van der Waals surface area contributed by atoms with Crippen LogP contribution in [0.5, 0.6) is 0 Å². The number of aromatic amines is 1. The quantitative estimate of drug-likeness (QED) is 0.761. The number of benzene rings is 1. The summed E-state index contributed by atoms with van der Waals surface area (Å²) in [5, 5.41) is 0.640. The second-order valence-electron chi connectivity index (χ2n) is 6.10. The molecule has 3 rings (SSSR count). The number of nitrogen functional groups attached to an aromatic ring is 1. The minimum absolute atomic E-state index is 0.0102. The maximum atomic E-state index is 12.7. The number of nitrogens with two attached hydrogens (primary N) is 1. The molecule has 0 aliphatic heterocycles. The molecule has 1 heterocycles. The normalized spacial score (nSPS) is 26.5. The molecule has 1 aromatic carbocycles. The number of hydrogen-bond donors (Lipinski definition) is 3. The molecule has 3 unspecified atom stereocenters. The molecule has 2 aromatic rings. The first-order valence-electron chi connectivity index (χ1n) is 7.27. The number of H-pyrrole nitrogens is 1. The number of anilines is 1. The molecule has 0 bridgehead atoms. The minimum Gasteiger partial charge on any atom is -0.399 e. The molecule has 21 heavy (non-hydrogen) atoms. The number of aromatic nitrogens is 1. The van der Waals surface area contributed by atoms with Crippen LogP contribution in [-0.2, 0) is 10.0 Å². The average molecular weight is 307 g/mol. The van der Waals surface area contributed by atoms with E-state index in [1.165, 1.54) is 6.20 Å². The van der Waals surface area contributed by atoms with Gasteiger partial charge in [-0.25, -0.2) is 13.1 Å². The van der Waals surface area contributed by atoms with Crippen molar-refractivity contribution < 1.29 is 8.42 Å². The molecule has 5 nitrogen and oxygen atoms in total. The summed E-state index contributed by atoms with van der Waals surface area (Å²) in [5.41, 5.74) is 7.10. The highest BCUT2D eigenvalue weighted by molar-refractivity contribution is 7.89. The molecule has 0 spiro atoms. The zero-order valence-corrected chi connectivity index (χ0v) is 13.1. The van der Waals surface area contributed by atoms with Gasteiger partial charge in [0.2, 0.25) is 10.0 Å². The molecule has 0 amide bonds. The number of sulfonamides is 1. The largest absolute Gasteiger partial charge is 0.399 e. The summed E-state index contributed by atoms with van der Waals surface area (Å²) < 4.78 is 28.2. The van der Waals surface area contributed by atoms with Gasteiger partial charge in [-0.05, 0) is 42.9 Å². The molecule has 0 saturated heterocycles. The first-order chi connectivity index (χ1) is 9.88. The third-order valence-corrected chi connectivity index (χ3v) is 6.26. The molecular weight excluding hydrogens is 286 g/mol. The smallest absolute Gasteiger partial charge is 0.242 e. The fraction of sp³-hybridized carbons (Fsp3) is 0.467. The highest BCUT2D eigenvalue weighted by Gasteiger charge is 2.33. The van der Waals surface area contributed by atoms with E-state index in [0.717, 1.165) is 18.4 Å². The Balaban J connectivity index is 1.95. The van der Waals surface area contributed by atoms with Gasteiger partial charge in [-0.2, -0.15) is 0 Å². The lowest BCUT2D eigenvalue weighted by Crippen LogP contribution is -2.37. The van der Waals surface area contributed by atoms with Gasteiger partial charge in [-0.3, -0.25) is 0 Å². The molecule has 4 N–H and O–H groups in total. The summed E-state index contributed by atoms with van der Waals surface area (Å²) in [6.45, 7) is 4.28. The van der Waals surface area contributed by atoms with E-state index in [4.69, 9.17) is 5.73 Å². The van der Waals surface area contributed by atoms with Crippen LogP contribution in [0, 0.1) is 11.8 Å². The van der Waals surface area contributed by atoms with Gasteiger partial charge >= 0.3 is 0 Å². The standard InChI is InChI=1S/C15H21N3O2S/c1-9-3-5-13(10(9)2)18-21(19,20)15-8-17-14-6-4-11(16)7-12(14)15/h4,6-10,13,17-18H,3,5,16H2,1-2H3. The number of hydrogen-bond acceptors (Lipinski definition) is 3. The highest BCUT2D eigenvalue weighted by atomic mass is 32.2. The van der Waals surface area contributed by atoms with E-state index in [1.54, 1.807) is 18.2 Å². The fourth-order valence-corrected chi connectivity index (χ4v) is 4.66. The summed E-state index contributed by atoms with van der Waals surface area (Å²) >= 11 is 0. The van der Waals surface area contributed by atoms with Crippen LogP contribution in [0.3, 0.4) is 0 Å². The van der Waals surface area contributed by atoms with Crippen LogP contribution >= 0.6 is 0 Å². The van der Waals surface area contributed by atoms with Gasteiger partial charge in [0.1, 0.15) is 4.90 Å². The highest BCUT2D eigenvalue weighted by Crippen LogP contribution is 2.33. The lowest BCUT2D eigenvalue weighted by atomic mass is 9.98. The molecule has 1 aliphatic rings. The molecule has 1 aliphatic carbocycles. The molecule has 114 valence electrons. The Labute approximate surface area is 125 Å². The van der Waals surface area contributed by atoms with Gasteiger partial charge in [-0.15, -0.1) is 0 Å². The lowest BCUT2D eigenvalue weighted by Gasteiger charge is -2.19. The van der Waals surface area contributed by atoms with Gasteiger partial charge in [0, 0.05) is 28.8 Å². The molecule has 1 fully saturated rings. The number of fused-ring (bicyclic) bond motifs is 1. The maximum Gasteiger partial charge on any atom is 0.242 e. The maximum absolute atomic E-state index is 12.7. The van der Waals surface area contributed by atoms with E-state index >= 15 is 0 Å². The summed E-state index contributed by atoms with van der Waals surface area (Å²) in [7, 11) is -3.54. The molecular formula is C15H21N3O2S. The SMILES string of the molecule is CC1CCC(NS(=O)(=O)c2c[nH]c3ccc(N)cc23)C1C. The Morgan fingerprint density at radius 2 is 2.05 bits per heavy atom. The van der Waals surface area contributed by atoms with Gasteiger partial charge in [0.25, 0.3) is 0 Å². The van der Waals surface area contributed by atoms with E-state index in [0.29, 0.717) is 22.9 Å². The van der Waals surface area contributed by atoms with Gasteiger partial charge in [0.15, 0.2) is 0 Å². The first kappa shape index (κ1) is 14.4. The summed E-state index contributed by atoms with van der Waals surface area (Å²) in [6.07, 6.45) is 3.50. The van der Waals surface area contributed by atoms with Crippen LogP contribution in [0.4, 0.5) is 5.69 Å². The van der Waals surface area contributed by atoms with Gasteiger partial charge < -0.3 is 10.7 Å². The molecule has 1 saturated carbocycles. The van der Waals surface area contributed by atoms with Crippen molar-refractivity contribution in [1.82, 2.24) is 9.71 Å². The molecule has 1 aromatic heterocycles. The molecule has 3 atom stereocenters. The Hall–Kier alpha value is -1.53. The predicted molar refractivity (Wildman–Crippen MR) is 84.4 cm³/mol. The van der Waals surface area contributed by atoms with E-state index in [-0.39, 0.29) is 10.9 Å². The van der Waals surface area contributed by atoms with Crippen molar-refractivity contribution in [3.8, 4) is 0 Å². The Kier molecular flexibility index (Phi) is 3.45. The van der Waals surface area contributed by atoms with Crippen LogP contribution in [0.2, 0.25) is 0 Å². The Morgan fingerprint density at radius 3 is 2.71 bits per heavy atom. The third kappa shape index (κ3) is 2.53. The van der Waals surface area contributed by atoms with Crippen LogP contribution in [-0.4, -0.2) is 19.4 Å². The lowest BCUT2D eigenvalue weighted by molar-refractivity contribution is 0.402. The summed E-state index contributed by atoms with van der Waals surface area (Å²) in [5.74, 6) is 0.909. The van der Waals surface area contributed by atoms with Crippen molar-refractivity contribution in [3.63, 3.8) is 0 Å². The predicted octanol–water partition coefficient (Wildman–Crippen LogP) is 2.46. The minimum atomic E-state index is -3.54. The molecule has 0 radical (unpaired) electrons. The summed E-state index contributed by atoms with van der Waals surface area (Å²) in [4.78, 5) is 3.27. The van der Waals surface area contributed by atoms with Crippen molar-refractivity contribution in [2.45, 2.75) is 37.6 Å². The van der Waals surface area contributed by atoms with Crippen LogP contribution in [0.1, 0.15) is 26.7 Å². The zero-order chi connectivity index (χ0) is 15.2. The monoisotopic (exact) mass is 307 g/mol. The third-order valence-electron chi connectivity index (χ3n) is 4.73. The van der Waals surface area contributed by atoms with Gasteiger partial charge in [0.05, 0.1) is 0 Å². The molecule has 6 heteroatoms. The Morgan fingerprint density at radius 1 is 1.29 bits per heavy atom. The van der Waals surface area contributed by atoms with E-state index in [9.17, 15) is 8.42 Å². The van der Waals surface area contributed by atoms with E-state index in [1.807, 2.05) is 0 Å². The topological polar surface area (TPSA) is 88.0 Å². The van der Waals surface area contributed by atoms with Crippen molar-refractivity contribution in [3.05, 3.63) is 24.4 Å². The van der Waals surface area contributed by atoms with Crippen LogP contribution in [0.25, 0.3) is 10.9 Å². The fourth-order valence-electron chi connectivity index (χ4n) is 3.13. The second-order valence-corrected chi connectivity index (χ2v) is 7.78. The summed E-state index contributed by atoms with van der Waals surface area (Å²) in [6, 6.07) is 5.25. The average Bonchev–Trinajstić information content (AvgIpc) is 2.97.